The van der Waals surface area contributed by atoms with Gasteiger partial charge in [0, 0.05) is 38.0 Å². The molecule has 8 heteroatoms. The van der Waals surface area contributed by atoms with Crippen LogP contribution in [0.1, 0.15) is 36.1 Å². The van der Waals surface area contributed by atoms with Crippen LogP contribution in [0.3, 0.4) is 0 Å². The number of aromatic nitrogens is 4. The summed E-state index contributed by atoms with van der Waals surface area (Å²) in [5, 5.41) is 11.2. The molecule has 0 aromatic carbocycles. The highest BCUT2D eigenvalue weighted by Crippen LogP contribution is 2.27. The lowest BCUT2D eigenvalue weighted by atomic mass is 9.96. The number of piperidine rings is 1. The molecule has 2 aliphatic rings. The van der Waals surface area contributed by atoms with E-state index in [1.165, 1.54) is 5.69 Å². The van der Waals surface area contributed by atoms with E-state index in [-0.39, 0.29) is 0 Å². The number of nitrogens with zero attached hydrogens (tertiary/aromatic N) is 6. The molecule has 0 bridgehead atoms. The van der Waals surface area contributed by atoms with Gasteiger partial charge in [-0.25, -0.2) is 4.98 Å². The van der Waals surface area contributed by atoms with E-state index in [0.29, 0.717) is 5.92 Å². The lowest BCUT2D eigenvalue weighted by Gasteiger charge is -2.31. The molecule has 0 spiro atoms. The molecule has 25 heavy (non-hydrogen) atoms. The molecular formula is C17H26N6OS. The quantitative estimate of drug-likeness (QED) is 0.803. The fourth-order valence-corrected chi connectivity index (χ4v) is 4.27. The first-order valence-corrected chi connectivity index (χ1v) is 10.0. The second kappa shape index (κ2) is 7.90. The summed E-state index contributed by atoms with van der Waals surface area (Å²) < 4.78 is 7.64. The van der Waals surface area contributed by atoms with Gasteiger partial charge in [-0.3, -0.25) is 9.80 Å². The normalized spacial score (nSPS) is 21.0. The number of hydrogen-bond donors (Lipinski definition) is 0. The highest BCUT2D eigenvalue weighted by Gasteiger charge is 2.26. The van der Waals surface area contributed by atoms with Gasteiger partial charge in [0.05, 0.1) is 31.0 Å². The van der Waals surface area contributed by atoms with Gasteiger partial charge in [0.25, 0.3) is 0 Å². The van der Waals surface area contributed by atoms with Crippen LogP contribution in [0.5, 0.6) is 0 Å². The van der Waals surface area contributed by atoms with Crippen LogP contribution in [-0.2, 0) is 24.9 Å². The molecule has 0 N–H and O–H groups in total. The minimum atomic E-state index is 0.516. The highest BCUT2D eigenvalue weighted by atomic mass is 32.1. The molecule has 2 aromatic rings. The van der Waals surface area contributed by atoms with Gasteiger partial charge in [0.15, 0.2) is 0 Å². The van der Waals surface area contributed by atoms with Crippen LogP contribution < -0.4 is 0 Å². The molecular weight excluding hydrogens is 336 g/mol. The Balaban J connectivity index is 1.33. The minimum absolute atomic E-state index is 0.516. The molecule has 0 saturated carbocycles. The van der Waals surface area contributed by atoms with Gasteiger partial charge in [-0.2, -0.15) is 0 Å². The van der Waals surface area contributed by atoms with Crippen molar-refractivity contribution < 1.29 is 4.74 Å². The molecule has 136 valence electrons. The van der Waals surface area contributed by atoms with E-state index in [1.807, 2.05) is 5.51 Å². The number of ether oxygens (including phenoxy) is 1. The first-order chi connectivity index (χ1) is 12.3. The van der Waals surface area contributed by atoms with Gasteiger partial charge in [0.2, 0.25) is 0 Å². The summed E-state index contributed by atoms with van der Waals surface area (Å²) in [7, 11) is 2.12. The smallest absolute Gasteiger partial charge is 0.146 e. The molecule has 0 unspecified atom stereocenters. The second-order valence-electron chi connectivity index (χ2n) is 6.95. The molecule has 0 aliphatic carbocycles. The van der Waals surface area contributed by atoms with Crippen LogP contribution in [0.4, 0.5) is 0 Å². The van der Waals surface area contributed by atoms with E-state index in [1.54, 1.807) is 11.3 Å². The van der Waals surface area contributed by atoms with Gasteiger partial charge in [-0.15, -0.1) is 21.5 Å². The molecule has 0 radical (unpaired) electrons. The molecule has 2 aromatic heterocycles. The summed E-state index contributed by atoms with van der Waals surface area (Å²) in [6.07, 6.45) is 2.29. The number of likely N-dealkylation sites (tertiary alicyclic amines) is 1. The third-order valence-corrected chi connectivity index (χ3v) is 5.92. The zero-order valence-electron chi connectivity index (χ0n) is 14.8. The van der Waals surface area contributed by atoms with Crippen molar-refractivity contribution >= 4 is 11.3 Å². The van der Waals surface area contributed by atoms with Crippen LogP contribution in [0, 0.1) is 0 Å². The number of hydrogen-bond acceptors (Lipinski definition) is 7. The van der Waals surface area contributed by atoms with Gasteiger partial charge in [0.1, 0.15) is 11.6 Å². The maximum atomic E-state index is 5.42. The van der Waals surface area contributed by atoms with Crippen molar-refractivity contribution in [2.24, 2.45) is 7.05 Å². The number of rotatable bonds is 5. The Bertz CT molecular complexity index is 659. The Labute approximate surface area is 152 Å². The standard InChI is InChI=1S/C17H26N6OS/c1-21-16(11-23-6-8-24-9-7-23)19-20-17(21)14-2-4-22(5-3-14)10-15-12-25-13-18-15/h12-14H,2-11H2,1H3. The maximum Gasteiger partial charge on any atom is 0.146 e. The fraction of sp³-hybridized carbons (Fsp3) is 0.706. The Hall–Kier alpha value is -1.35. The molecule has 2 saturated heterocycles. The maximum absolute atomic E-state index is 5.42. The van der Waals surface area contributed by atoms with Gasteiger partial charge in [-0.1, -0.05) is 0 Å². The summed E-state index contributed by atoms with van der Waals surface area (Å²) in [6.45, 7) is 7.66. The Morgan fingerprint density at radius 3 is 2.56 bits per heavy atom. The van der Waals surface area contributed by atoms with E-state index in [2.05, 4.69) is 42.0 Å². The van der Waals surface area contributed by atoms with E-state index in [9.17, 15) is 0 Å². The molecule has 4 rings (SSSR count). The Kier molecular flexibility index (Phi) is 5.40. The zero-order chi connectivity index (χ0) is 17.1. The van der Waals surface area contributed by atoms with Crippen LogP contribution in [-0.4, -0.2) is 68.9 Å². The van der Waals surface area contributed by atoms with Crippen molar-refractivity contribution in [3.8, 4) is 0 Å². The summed E-state index contributed by atoms with van der Waals surface area (Å²) >= 11 is 1.67. The largest absolute Gasteiger partial charge is 0.379 e. The third kappa shape index (κ3) is 4.08. The van der Waals surface area contributed by atoms with E-state index < -0.39 is 0 Å². The topological polar surface area (TPSA) is 59.3 Å². The van der Waals surface area contributed by atoms with E-state index in [4.69, 9.17) is 4.74 Å². The third-order valence-electron chi connectivity index (χ3n) is 5.29. The first kappa shape index (κ1) is 17.1. The summed E-state index contributed by atoms with van der Waals surface area (Å²) in [5.74, 6) is 2.74. The summed E-state index contributed by atoms with van der Waals surface area (Å²) in [6, 6.07) is 0. The number of thiazole rings is 1. The van der Waals surface area contributed by atoms with Gasteiger partial charge in [-0.05, 0) is 25.9 Å². The summed E-state index contributed by atoms with van der Waals surface area (Å²) in [5.41, 5.74) is 3.10. The van der Waals surface area contributed by atoms with Crippen molar-refractivity contribution in [3.63, 3.8) is 0 Å². The van der Waals surface area contributed by atoms with Crippen molar-refractivity contribution in [3.05, 3.63) is 28.2 Å². The molecule has 2 aliphatic heterocycles. The van der Waals surface area contributed by atoms with E-state index in [0.717, 1.165) is 77.0 Å². The average Bonchev–Trinajstić information content (AvgIpc) is 3.28. The predicted molar refractivity (Wildman–Crippen MR) is 96.5 cm³/mol. The zero-order valence-corrected chi connectivity index (χ0v) is 15.6. The van der Waals surface area contributed by atoms with Crippen LogP contribution in [0.2, 0.25) is 0 Å². The first-order valence-electron chi connectivity index (χ1n) is 9.07. The van der Waals surface area contributed by atoms with Gasteiger partial charge < -0.3 is 9.30 Å². The van der Waals surface area contributed by atoms with Crippen molar-refractivity contribution in [1.82, 2.24) is 29.5 Å². The molecule has 2 fully saturated rings. The van der Waals surface area contributed by atoms with Crippen LogP contribution in [0.15, 0.2) is 10.9 Å². The lowest BCUT2D eigenvalue weighted by Crippen LogP contribution is -2.36. The highest BCUT2D eigenvalue weighted by molar-refractivity contribution is 7.07. The Morgan fingerprint density at radius 1 is 1.08 bits per heavy atom. The fourth-order valence-electron chi connectivity index (χ4n) is 3.72. The van der Waals surface area contributed by atoms with Crippen molar-refractivity contribution in [2.75, 3.05) is 39.4 Å². The summed E-state index contributed by atoms with van der Waals surface area (Å²) in [4.78, 5) is 9.29. The molecule has 0 amide bonds. The van der Waals surface area contributed by atoms with Crippen LogP contribution in [0.25, 0.3) is 0 Å². The second-order valence-corrected chi connectivity index (χ2v) is 7.67. The molecule has 0 atom stereocenters. The van der Waals surface area contributed by atoms with Crippen molar-refractivity contribution in [1.29, 1.82) is 0 Å². The average molecular weight is 363 g/mol. The monoisotopic (exact) mass is 362 g/mol. The SMILES string of the molecule is Cn1c(CN2CCOCC2)nnc1C1CCN(Cc2cscn2)CC1. The van der Waals surface area contributed by atoms with E-state index >= 15 is 0 Å². The van der Waals surface area contributed by atoms with Crippen LogP contribution >= 0.6 is 11.3 Å². The minimum Gasteiger partial charge on any atom is -0.379 e. The Morgan fingerprint density at radius 2 is 1.84 bits per heavy atom. The molecule has 7 nitrogen and oxygen atoms in total. The lowest BCUT2D eigenvalue weighted by molar-refractivity contribution is 0.0326. The number of morpholine rings is 1. The van der Waals surface area contributed by atoms with Gasteiger partial charge >= 0.3 is 0 Å². The predicted octanol–water partition coefficient (Wildman–Crippen LogP) is 1.48. The van der Waals surface area contributed by atoms with Crippen molar-refractivity contribution in [2.45, 2.75) is 31.8 Å². The molecule has 4 heterocycles.